The van der Waals surface area contributed by atoms with Crippen LogP contribution in [0.2, 0.25) is 0 Å². The van der Waals surface area contributed by atoms with Gasteiger partial charge in [-0.15, -0.1) is 0 Å². The van der Waals surface area contributed by atoms with Crippen molar-refractivity contribution in [2.75, 3.05) is 0 Å². The molecule has 1 aliphatic rings. The van der Waals surface area contributed by atoms with Crippen LogP contribution in [0, 0.1) is 19.8 Å². The normalized spacial score (nSPS) is 18.6. The van der Waals surface area contributed by atoms with Crippen LogP contribution in [-0.2, 0) is 16.5 Å². The SMILES string of the molecule is Cc1cc(C)c(S(=O)(=O)O)c(CC2=C(N)C2C=[NH+]C=CN)c1. The van der Waals surface area contributed by atoms with Crippen LogP contribution in [0.5, 0.6) is 0 Å². The average Bonchev–Trinajstić information content (AvgIpc) is 2.96. The van der Waals surface area contributed by atoms with Crippen LogP contribution >= 0.6 is 0 Å². The van der Waals surface area contributed by atoms with E-state index in [2.05, 4.69) is 4.99 Å². The molecule has 0 heterocycles. The third-order valence-corrected chi connectivity index (χ3v) is 4.69. The van der Waals surface area contributed by atoms with Crippen LogP contribution < -0.4 is 16.5 Å². The number of hydrogen-bond acceptors (Lipinski definition) is 4. The fraction of sp³-hybridized carbons (Fsp3) is 0.267. The molecule has 0 fully saturated rings. The predicted octanol–water partition coefficient (Wildman–Crippen LogP) is -0.483. The number of aryl methyl sites for hydroxylation is 2. The third-order valence-electron chi connectivity index (χ3n) is 3.59. The van der Waals surface area contributed by atoms with Gasteiger partial charge in [0.25, 0.3) is 10.1 Å². The maximum Gasteiger partial charge on any atom is 0.295 e. The summed E-state index contributed by atoms with van der Waals surface area (Å²) in [6.07, 6.45) is 5.11. The molecule has 2 rings (SSSR count). The topological polar surface area (TPSA) is 120 Å². The van der Waals surface area contributed by atoms with Crippen molar-refractivity contribution in [3.05, 3.63) is 52.5 Å². The van der Waals surface area contributed by atoms with Gasteiger partial charge in [-0.3, -0.25) is 4.55 Å². The predicted molar refractivity (Wildman–Crippen MR) is 84.5 cm³/mol. The quantitative estimate of drug-likeness (QED) is 0.431. The monoisotopic (exact) mass is 322 g/mol. The summed E-state index contributed by atoms with van der Waals surface area (Å²) >= 11 is 0. The highest BCUT2D eigenvalue weighted by Gasteiger charge is 2.36. The smallest absolute Gasteiger partial charge is 0.295 e. The lowest BCUT2D eigenvalue weighted by atomic mass is 10.0. The molecule has 1 unspecified atom stereocenters. The second-order valence-corrected chi connectivity index (χ2v) is 6.73. The van der Waals surface area contributed by atoms with Crippen LogP contribution in [0.3, 0.4) is 0 Å². The molecule has 0 saturated heterocycles. The van der Waals surface area contributed by atoms with E-state index in [1.807, 2.05) is 6.92 Å². The van der Waals surface area contributed by atoms with Gasteiger partial charge < -0.3 is 11.5 Å². The Bertz CT molecular complexity index is 792. The van der Waals surface area contributed by atoms with Crippen molar-refractivity contribution in [2.45, 2.75) is 25.2 Å². The van der Waals surface area contributed by atoms with Crippen LogP contribution in [0.4, 0.5) is 0 Å². The summed E-state index contributed by atoms with van der Waals surface area (Å²) < 4.78 is 32.7. The molecule has 6 N–H and O–H groups in total. The number of nitrogens with two attached hydrogens (primary N) is 2. The highest BCUT2D eigenvalue weighted by molar-refractivity contribution is 7.86. The molecular weight excluding hydrogens is 302 g/mol. The van der Waals surface area contributed by atoms with Gasteiger partial charge in [0, 0.05) is 5.70 Å². The third kappa shape index (κ3) is 3.37. The number of benzene rings is 1. The summed E-state index contributed by atoms with van der Waals surface area (Å²) in [6, 6.07) is 3.49. The Morgan fingerprint density at radius 1 is 1.36 bits per heavy atom. The van der Waals surface area contributed by atoms with Gasteiger partial charge in [-0.1, -0.05) is 17.7 Å². The lowest BCUT2D eigenvalue weighted by Crippen LogP contribution is -2.62. The Morgan fingerprint density at radius 2 is 2.05 bits per heavy atom. The van der Waals surface area contributed by atoms with Gasteiger partial charge in [0.05, 0.1) is 12.1 Å². The molecule has 6 nitrogen and oxygen atoms in total. The van der Waals surface area contributed by atoms with E-state index in [1.54, 1.807) is 31.5 Å². The Kier molecular flexibility index (Phi) is 4.39. The zero-order valence-electron chi connectivity index (χ0n) is 12.5. The van der Waals surface area contributed by atoms with Crippen LogP contribution in [-0.4, -0.2) is 19.2 Å². The van der Waals surface area contributed by atoms with Crippen LogP contribution in [0.25, 0.3) is 0 Å². The van der Waals surface area contributed by atoms with E-state index in [0.29, 0.717) is 23.2 Å². The standard InChI is InChI=1S/C15H19N3O3S/c1-9-5-10(2)15(22(19,20)21)11(6-9)7-12-13(14(12)17)8-18-4-3-16/h3-6,8,13H,7,16-17H2,1-2H3,(H,19,20,21)/p+1. The van der Waals surface area contributed by atoms with E-state index in [1.165, 1.54) is 6.20 Å². The summed E-state index contributed by atoms with van der Waals surface area (Å²) in [5, 5.41) is 0. The molecule has 0 spiro atoms. The van der Waals surface area contributed by atoms with Crippen molar-refractivity contribution in [1.29, 1.82) is 0 Å². The fourth-order valence-electron chi connectivity index (χ4n) is 2.66. The van der Waals surface area contributed by atoms with Crippen LogP contribution in [0.15, 0.2) is 40.7 Å². The molecule has 7 heteroatoms. The molecule has 0 saturated carbocycles. The summed E-state index contributed by atoms with van der Waals surface area (Å²) in [4.78, 5) is 2.86. The highest BCUT2D eigenvalue weighted by Crippen LogP contribution is 2.37. The molecule has 0 aromatic heterocycles. The number of hydrogen-bond donors (Lipinski definition) is 4. The minimum atomic E-state index is -4.27. The summed E-state index contributed by atoms with van der Waals surface area (Å²) in [5.74, 6) is -0.0220. The average molecular weight is 322 g/mol. The highest BCUT2D eigenvalue weighted by atomic mass is 32.2. The molecule has 1 aromatic rings. The first kappa shape index (κ1) is 16.3. The minimum absolute atomic E-state index is 0.0220. The molecule has 22 heavy (non-hydrogen) atoms. The van der Waals surface area contributed by atoms with Crippen molar-refractivity contribution < 1.29 is 18.0 Å². The van der Waals surface area contributed by atoms with Gasteiger partial charge in [0.2, 0.25) is 0 Å². The van der Waals surface area contributed by atoms with Crippen molar-refractivity contribution in [1.82, 2.24) is 0 Å². The van der Waals surface area contributed by atoms with Crippen molar-refractivity contribution in [3.63, 3.8) is 0 Å². The summed E-state index contributed by atoms with van der Waals surface area (Å²) in [7, 11) is -4.27. The molecule has 0 aliphatic heterocycles. The van der Waals surface area contributed by atoms with E-state index in [-0.39, 0.29) is 10.8 Å². The van der Waals surface area contributed by atoms with Gasteiger partial charge in [0.15, 0.2) is 12.4 Å². The Balaban J connectivity index is 2.32. The Hall–Kier alpha value is -2.12. The summed E-state index contributed by atoms with van der Waals surface area (Å²) in [6.45, 7) is 3.55. The summed E-state index contributed by atoms with van der Waals surface area (Å²) in [5.41, 5.74) is 14.8. The number of allylic oxidation sites excluding steroid dienone is 2. The zero-order valence-corrected chi connectivity index (χ0v) is 13.3. The van der Waals surface area contributed by atoms with Crippen molar-refractivity contribution >= 4 is 16.3 Å². The first-order valence-corrected chi connectivity index (χ1v) is 8.22. The number of nitrogens with one attached hydrogen (secondary N) is 1. The van der Waals surface area contributed by atoms with E-state index in [0.717, 1.165) is 11.1 Å². The second kappa shape index (κ2) is 5.94. The van der Waals surface area contributed by atoms with Gasteiger partial charge in [-0.25, -0.2) is 4.99 Å². The molecule has 0 bridgehead atoms. The Labute approximate surface area is 130 Å². The number of rotatable bonds is 5. The van der Waals surface area contributed by atoms with Gasteiger partial charge >= 0.3 is 0 Å². The molecule has 118 valence electrons. The van der Waals surface area contributed by atoms with Gasteiger partial charge in [-0.05, 0) is 37.0 Å². The van der Waals surface area contributed by atoms with Crippen molar-refractivity contribution in [2.24, 2.45) is 17.4 Å². The van der Waals surface area contributed by atoms with E-state index >= 15 is 0 Å². The van der Waals surface area contributed by atoms with E-state index < -0.39 is 10.1 Å². The maximum atomic E-state index is 11.6. The fourth-order valence-corrected chi connectivity index (χ4v) is 3.59. The molecule has 1 aromatic carbocycles. The largest absolute Gasteiger partial charge is 0.401 e. The van der Waals surface area contributed by atoms with E-state index in [4.69, 9.17) is 11.5 Å². The molecule has 0 radical (unpaired) electrons. The van der Waals surface area contributed by atoms with Crippen molar-refractivity contribution in [3.8, 4) is 0 Å². The van der Waals surface area contributed by atoms with E-state index in [9.17, 15) is 13.0 Å². The zero-order chi connectivity index (χ0) is 16.5. The van der Waals surface area contributed by atoms with Gasteiger partial charge in [0.1, 0.15) is 4.90 Å². The first-order chi connectivity index (χ1) is 10.3. The van der Waals surface area contributed by atoms with Gasteiger partial charge in [-0.2, -0.15) is 8.42 Å². The minimum Gasteiger partial charge on any atom is -0.401 e. The molecular formula is C15H20N3O3S+. The lowest BCUT2D eigenvalue weighted by Gasteiger charge is -2.10. The molecule has 0 amide bonds. The molecule has 1 atom stereocenters. The second-order valence-electron chi connectivity index (χ2n) is 5.37. The first-order valence-electron chi connectivity index (χ1n) is 6.78. The van der Waals surface area contributed by atoms with Crippen LogP contribution in [0.1, 0.15) is 16.7 Å². The Morgan fingerprint density at radius 3 is 2.64 bits per heavy atom. The molecule has 1 aliphatic carbocycles. The lowest BCUT2D eigenvalue weighted by molar-refractivity contribution is -0.368. The maximum absolute atomic E-state index is 11.6.